The number of nitrogens with zero attached hydrogens (tertiary/aromatic N) is 4. The van der Waals surface area contributed by atoms with Crippen molar-refractivity contribution in [2.24, 2.45) is 16.0 Å². The van der Waals surface area contributed by atoms with Crippen LogP contribution in [-0.2, 0) is 11.2 Å². The van der Waals surface area contributed by atoms with Gasteiger partial charge in [0.15, 0.2) is 0 Å². The molecule has 0 spiro atoms. The number of non-ortho nitro benzene ring substituents is 1. The summed E-state index contributed by atoms with van der Waals surface area (Å²) in [4.78, 5) is 27.8. The Kier molecular flexibility index (Phi) is 6.01. The SMILES string of the molecule is COc1ccc(CCN=C(C)[C@@H]2C(=O)N(c3ccc([N+](=O)[O-])cc3)N=C2C)cc1. The van der Waals surface area contributed by atoms with Crippen LogP contribution < -0.4 is 9.75 Å². The third-order valence-electron chi connectivity index (χ3n) is 4.77. The molecule has 0 fully saturated rings. The van der Waals surface area contributed by atoms with E-state index in [0.29, 0.717) is 23.7 Å². The molecule has 1 atom stereocenters. The number of hydrogen-bond donors (Lipinski definition) is 0. The van der Waals surface area contributed by atoms with E-state index >= 15 is 0 Å². The average Bonchev–Trinajstić information content (AvgIpc) is 3.02. The van der Waals surface area contributed by atoms with Crippen LogP contribution in [0.3, 0.4) is 0 Å². The molecule has 1 aliphatic rings. The fraction of sp³-hybridized carbons (Fsp3) is 0.286. The predicted molar refractivity (Wildman–Crippen MR) is 112 cm³/mol. The molecule has 0 aliphatic carbocycles. The quantitative estimate of drug-likeness (QED) is 0.407. The molecule has 1 aliphatic heterocycles. The van der Waals surface area contributed by atoms with Crippen molar-refractivity contribution in [3.8, 4) is 5.75 Å². The molecule has 2 aromatic rings. The molecule has 3 rings (SSSR count). The summed E-state index contributed by atoms with van der Waals surface area (Å²) in [6.45, 7) is 4.18. The molecule has 150 valence electrons. The number of anilines is 1. The second-order valence-electron chi connectivity index (χ2n) is 6.72. The van der Waals surface area contributed by atoms with Crippen LogP contribution >= 0.6 is 0 Å². The van der Waals surface area contributed by atoms with Gasteiger partial charge in [0.1, 0.15) is 11.7 Å². The summed E-state index contributed by atoms with van der Waals surface area (Å²) in [5, 5.41) is 16.4. The molecule has 2 aromatic carbocycles. The second-order valence-corrected chi connectivity index (χ2v) is 6.72. The summed E-state index contributed by atoms with van der Waals surface area (Å²) in [5.41, 5.74) is 2.95. The molecule has 29 heavy (non-hydrogen) atoms. The molecular weight excluding hydrogens is 372 g/mol. The number of nitro groups is 1. The standard InChI is InChI=1S/C21H22N4O4/c1-14(22-13-12-16-4-10-19(29-3)11-5-16)20-15(2)23-24(21(20)26)17-6-8-18(9-7-17)25(27)28/h4-11,20H,12-13H2,1-3H3/t20-/m0/s1. The highest BCUT2D eigenvalue weighted by atomic mass is 16.6. The number of aliphatic imine (C=N–C) groups is 1. The molecule has 1 heterocycles. The van der Waals surface area contributed by atoms with Crippen molar-refractivity contribution in [1.82, 2.24) is 0 Å². The third-order valence-corrected chi connectivity index (χ3v) is 4.77. The van der Waals surface area contributed by atoms with E-state index in [2.05, 4.69) is 10.1 Å². The van der Waals surface area contributed by atoms with Crippen LogP contribution in [0.1, 0.15) is 19.4 Å². The Morgan fingerprint density at radius 3 is 2.45 bits per heavy atom. The zero-order valence-electron chi connectivity index (χ0n) is 16.5. The zero-order chi connectivity index (χ0) is 21.0. The number of rotatable bonds is 7. The molecule has 0 radical (unpaired) electrons. The van der Waals surface area contributed by atoms with Crippen molar-refractivity contribution in [3.05, 3.63) is 64.2 Å². The highest BCUT2D eigenvalue weighted by Gasteiger charge is 2.36. The molecule has 0 unspecified atom stereocenters. The Bertz CT molecular complexity index is 965. The van der Waals surface area contributed by atoms with Gasteiger partial charge in [-0.05, 0) is 50.1 Å². The van der Waals surface area contributed by atoms with E-state index in [1.54, 1.807) is 14.0 Å². The van der Waals surface area contributed by atoms with E-state index in [1.807, 2.05) is 31.2 Å². The lowest BCUT2D eigenvalue weighted by molar-refractivity contribution is -0.384. The molecule has 0 N–H and O–H groups in total. The van der Waals surface area contributed by atoms with Gasteiger partial charge >= 0.3 is 0 Å². The number of hydrazone groups is 1. The first kappa shape index (κ1) is 20.2. The van der Waals surface area contributed by atoms with Crippen LogP contribution in [0, 0.1) is 16.0 Å². The highest BCUT2D eigenvalue weighted by Crippen LogP contribution is 2.26. The number of methoxy groups -OCH3 is 1. The van der Waals surface area contributed by atoms with Gasteiger partial charge in [-0.25, -0.2) is 0 Å². The van der Waals surface area contributed by atoms with Gasteiger partial charge in [-0.2, -0.15) is 10.1 Å². The maximum atomic E-state index is 12.9. The largest absolute Gasteiger partial charge is 0.497 e. The number of ether oxygens (including phenoxy) is 1. The molecule has 8 heteroatoms. The summed E-state index contributed by atoms with van der Waals surface area (Å²) in [5.74, 6) is 0.0891. The molecular formula is C21H22N4O4. The summed E-state index contributed by atoms with van der Waals surface area (Å²) < 4.78 is 5.15. The maximum Gasteiger partial charge on any atom is 0.269 e. The summed E-state index contributed by atoms with van der Waals surface area (Å²) in [7, 11) is 1.63. The van der Waals surface area contributed by atoms with Gasteiger partial charge in [0.2, 0.25) is 0 Å². The van der Waals surface area contributed by atoms with Gasteiger partial charge in [-0.3, -0.25) is 19.9 Å². The third kappa shape index (κ3) is 4.48. The van der Waals surface area contributed by atoms with Crippen molar-refractivity contribution < 1.29 is 14.5 Å². The highest BCUT2D eigenvalue weighted by molar-refractivity contribution is 6.27. The minimum atomic E-state index is -0.513. The number of amides is 1. The van der Waals surface area contributed by atoms with Crippen LogP contribution in [0.15, 0.2) is 58.6 Å². The average molecular weight is 394 g/mol. The van der Waals surface area contributed by atoms with E-state index in [4.69, 9.17) is 4.74 Å². The fourth-order valence-corrected chi connectivity index (χ4v) is 3.19. The minimum Gasteiger partial charge on any atom is -0.497 e. The molecule has 0 aromatic heterocycles. The first-order chi connectivity index (χ1) is 13.9. The first-order valence-electron chi connectivity index (χ1n) is 9.18. The molecule has 8 nitrogen and oxygen atoms in total. The van der Waals surface area contributed by atoms with E-state index < -0.39 is 10.8 Å². The summed E-state index contributed by atoms with van der Waals surface area (Å²) in [6.07, 6.45) is 0.754. The molecule has 0 bridgehead atoms. The Labute approximate surface area is 168 Å². The van der Waals surface area contributed by atoms with E-state index in [9.17, 15) is 14.9 Å². The lowest BCUT2D eigenvalue weighted by atomic mass is 9.99. The Morgan fingerprint density at radius 2 is 1.86 bits per heavy atom. The molecule has 0 saturated carbocycles. The monoisotopic (exact) mass is 394 g/mol. The van der Waals surface area contributed by atoms with Crippen molar-refractivity contribution in [2.75, 3.05) is 18.7 Å². The van der Waals surface area contributed by atoms with Crippen molar-refractivity contribution in [2.45, 2.75) is 20.3 Å². The van der Waals surface area contributed by atoms with Gasteiger partial charge in [0.05, 0.1) is 23.4 Å². The normalized spacial score (nSPS) is 16.7. The van der Waals surface area contributed by atoms with Crippen LogP contribution in [0.2, 0.25) is 0 Å². The van der Waals surface area contributed by atoms with Crippen LogP contribution in [0.4, 0.5) is 11.4 Å². The van der Waals surface area contributed by atoms with Crippen LogP contribution in [0.5, 0.6) is 5.75 Å². The number of carbonyl (C=O) groups excluding carboxylic acids is 1. The minimum absolute atomic E-state index is 0.0334. The zero-order valence-corrected chi connectivity index (χ0v) is 16.5. The van der Waals surface area contributed by atoms with Gasteiger partial charge in [0.25, 0.3) is 11.6 Å². The fourth-order valence-electron chi connectivity index (χ4n) is 3.19. The van der Waals surface area contributed by atoms with Crippen LogP contribution in [-0.4, -0.2) is 35.9 Å². The Morgan fingerprint density at radius 1 is 1.21 bits per heavy atom. The molecule has 0 saturated heterocycles. The topological polar surface area (TPSA) is 97.4 Å². The van der Waals surface area contributed by atoms with Crippen molar-refractivity contribution >= 4 is 28.7 Å². The predicted octanol–water partition coefficient (Wildman–Crippen LogP) is 3.65. The maximum absolute atomic E-state index is 12.9. The Balaban J connectivity index is 1.66. The second kappa shape index (κ2) is 8.64. The van der Waals surface area contributed by atoms with Crippen LogP contribution in [0.25, 0.3) is 0 Å². The number of nitro benzene ring substituents is 1. The van der Waals surface area contributed by atoms with Gasteiger partial charge in [-0.15, -0.1) is 0 Å². The van der Waals surface area contributed by atoms with Crippen molar-refractivity contribution in [3.63, 3.8) is 0 Å². The van der Waals surface area contributed by atoms with Gasteiger partial charge < -0.3 is 4.74 Å². The van der Waals surface area contributed by atoms with Crippen molar-refractivity contribution in [1.29, 1.82) is 0 Å². The van der Waals surface area contributed by atoms with Gasteiger partial charge in [-0.1, -0.05) is 12.1 Å². The lowest BCUT2D eigenvalue weighted by Gasteiger charge is -2.14. The smallest absolute Gasteiger partial charge is 0.269 e. The number of carbonyl (C=O) groups is 1. The Hall–Kier alpha value is -3.55. The lowest BCUT2D eigenvalue weighted by Crippen LogP contribution is -2.31. The van der Waals surface area contributed by atoms with E-state index in [0.717, 1.165) is 17.7 Å². The summed E-state index contributed by atoms with van der Waals surface area (Å²) >= 11 is 0. The molecule has 1 amide bonds. The van der Waals surface area contributed by atoms with E-state index in [-0.39, 0.29) is 11.6 Å². The van der Waals surface area contributed by atoms with Gasteiger partial charge in [0, 0.05) is 24.4 Å². The van der Waals surface area contributed by atoms with E-state index in [1.165, 1.54) is 29.3 Å². The first-order valence-corrected chi connectivity index (χ1v) is 9.18. The summed E-state index contributed by atoms with van der Waals surface area (Å²) in [6, 6.07) is 13.6. The number of benzene rings is 2. The number of hydrogen-bond acceptors (Lipinski definition) is 6.